The second-order valence-corrected chi connectivity index (χ2v) is 7.84. The lowest BCUT2D eigenvalue weighted by atomic mass is 9.85. The molecule has 0 radical (unpaired) electrons. The van der Waals surface area contributed by atoms with Crippen molar-refractivity contribution in [3.8, 4) is 0 Å². The maximum Gasteiger partial charge on any atom is 0.214 e. The van der Waals surface area contributed by atoms with Gasteiger partial charge in [-0.2, -0.15) is 4.31 Å². The molecule has 0 saturated carbocycles. The van der Waals surface area contributed by atoms with Gasteiger partial charge in [-0.05, 0) is 31.1 Å². The molecular weight excluding hydrogens is 250 g/mol. The minimum absolute atomic E-state index is 0.129. The Kier molecular flexibility index (Phi) is 4.14. The van der Waals surface area contributed by atoms with E-state index in [0.29, 0.717) is 26.3 Å². The van der Waals surface area contributed by atoms with E-state index in [2.05, 4.69) is 13.5 Å². The predicted molar refractivity (Wildman–Crippen MR) is 71.9 cm³/mol. The van der Waals surface area contributed by atoms with Gasteiger partial charge in [-0.15, -0.1) is 0 Å². The van der Waals surface area contributed by atoms with Gasteiger partial charge in [0.1, 0.15) is 0 Å². The Morgan fingerprint density at radius 1 is 1.39 bits per heavy atom. The third-order valence-electron chi connectivity index (χ3n) is 3.96. The lowest BCUT2D eigenvalue weighted by Gasteiger charge is -2.36. The zero-order valence-electron chi connectivity index (χ0n) is 11.2. The number of hydrogen-bond acceptors (Lipinski definition) is 3. The average Bonchev–Trinajstić information content (AvgIpc) is 2.28. The summed E-state index contributed by atoms with van der Waals surface area (Å²) in [5.41, 5.74) is 0.900. The third-order valence-corrected chi connectivity index (χ3v) is 6.12. The molecule has 0 amide bonds. The molecule has 5 heteroatoms. The van der Waals surface area contributed by atoms with E-state index in [1.807, 2.05) is 0 Å². The number of sulfonamides is 1. The van der Waals surface area contributed by atoms with Gasteiger partial charge in [0.05, 0.1) is 5.75 Å². The predicted octanol–water partition coefficient (Wildman–Crippen LogP) is 1.78. The van der Waals surface area contributed by atoms with Crippen LogP contribution in [0.25, 0.3) is 0 Å². The van der Waals surface area contributed by atoms with Crippen LogP contribution in [0.15, 0.2) is 12.2 Å². The number of nitrogens with zero attached hydrogens (tertiary/aromatic N) is 1. The second kappa shape index (κ2) is 5.31. The van der Waals surface area contributed by atoms with Gasteiger partial charge in [-0.1, -0.05) is 19.1 Å². The van der Waals surface area contributed by atoms with Crippen LogP contribution in [0.3, 0.4) is 0 Å². The molecular formula is C13H23NO3S. The molecule has 2 saturated heterocycles. The summed E-state index contributed by atoms with van der Waals surface area (Å²) in [4.78, 5) is 0. The number of ether oxygens (including phenoxy) is 1. The molecule has 0 aromatic heterocycles. The first kappa shape index (κ1) is 14.0. The molecule has 0 aromatic rings. The molecule has 2 rings (SSSR count). The lowest BCUT2D eigenvalue weighted by molar-refractivity contribution is 0.0337. The molecule has 0 atom stereocenters. The highest BCUT2D eigenvalue weighted by Crippen LogP contribution is 2.33. The highest BCUT2D eigenvalue weighted by Gasteiger charge is 2.36. The summed E-state index contributed by atoms with van der Waals surface area (Å²) >= 11 is 0. The molecule has 18 heavy (non-hydrogen) atoms. The molecule has 0 aliphatic carbocycles. The largest absolute Gasteiger partial charge is 0.381 e. The van der Waals surface area contributed by atoms with E-state index >= 15 is 0 Å². The van der Waals surface area contributed by atoms with Crippen molar-refractivity contribution >= 4 is 10.0 Å². The highest BCUT2D eigenvalue weighted by molar-refractivity contribution is 7.89. The first-order valence-electron chi connectivity index (χ1n) is 6.64. The molecule has 2 fully saturated rings. The van der Waals surface area contributed by atoms with Crippen LogP contribution in [0, 0.1) is 5.41 Å². The van der Waals surface area contributed by atoms with Gasteiger partial charge in [0.25, 0.3) is 0 Å². The van der Waals surface area contributed by atoms with Gasteiger partial charge in [-0.25, -0.2) is 8.42 Å². The number of hydrogen-bond donors (Lipinski definition) is 0. The summed E-state index contributed by atoms with van der Waals surface area (Å²) in [7, 11) is -3.16. The van der Waals surface area contributed by atoms with Gasteiger partial charge < -0.3 is 4.74 Å². The van der Waals surface area contributed by atoms with Crippen LogP contribution in [0.2, 0.25) is 0 Å². The van der Waals surface area contributed by atoms with E-state index in [1.54, 1.807) is 4.31 Å². The fourth-order valence-corrected chi connectivity index (χ4v) is 4.83. The van der Waals surface area contributed by atoms with Crippen LogP contribution >= 0.6 is 0 Å². The molecule has 0 N–H and O–H groups in total. The van der Waals surface area contributed by atoms with Crippen molar-refractivity contribution in [2.45, 2.75) is 32.6 Å². The van der Waals surface area contributed by atoms with E-state index in [1.165, 1.54) is 0 Å². The van der Waals surface area contributed by atoms with E-state index in [9.17, 15) is 8.42 Å². The zero-order chi connectivity index (χ0) is 13.2. The van der Waals surface area contributed by atoms with E-state index in [4.69, 9.17) is 4.74 Å². The first-order valence-corrected chi connectivity index (χ1v) is 8.24. The van der Waals surface area contributed by atoms with E-state index in [0.717, 1.165) is 31.3 Å². The summed E-state index contributed by atoms with van der Waals surface area (Å²) in [6.45, 7) is 8.49. The van der Waals surface area contributed by atoms with Crippen LogP contribution in [-0.2, 0) is 14.8 Å². The topological polar surface area (TPSA) is 46.6 Å². The summed E-state index contributed by atoms with van der Waals surface area (Å²) in [5.74, 6) is 0.247. The van der Waals surface area contributed by atoms with Crippen LogP contribution in [0.5, 0.6) is 0 Å². The van der Waals surface area contributed by atoms with Gasteiger partial charge in [0.2, 0.25) is 10.0 Å². The van der Waals surface area contributed by atoms with Gasteiger partial charge in [0.15, 0.2) is 0 Å². The molecule has 0 unspecified atom stereocenters. The highest BCUT2D eigenvalue weighted by atomic mass is 32.2. The normalized spacial score (nSPS) is 26.2. The average molecular weight is 273 g/mol. The Labute approximate surface area is 110 Å². The Bertz CT molecular complexity index is 410. The van der Waals surface area contributed by atoms with Crippen molar-refractivity contribution in [2.75, 3.05) is 32.1 Å². The van der Waals surface area contributed by atoms with Crippen molar-refractivity contribution in [2.24, 2.45) is 5.41 Å². The maximum atomic E-state index is 12.4. The molecule has 2 heterocycles. The molecule has 104 valence electrons. The van der Waals surface area contributed by atoms with E-state index in [-0.39, 0.29) is 11.2 Å². The Morgan fingerprint density at radius 3 is 2.67 bits per heavy atom. The van der Waals surface area contributed by atoms with Crippen LogP contribution in [-0.4, -0.2) is 44.8 Å². The molecule has 0 aromatic carbocycles. The van der Waals surface area contributed by atoms with Crippen LogP contribution in [0.1, 0.15) is 32.6 Å². The monoisotopic (exact) mass is 273 g/mol. The smallest absolute Gasteiger partial charge is 0.214 e. The first-order chi connectivity index (χ1) is 8.41. The summed E-state index contributed by atoms with van der Waals surface area (Å²) < 4.78 is 31.8. The standard InChI is InChI=1S/C13H23NO3S/c1-12-4-3-7-14(10-12)18(15,16)11-13(2)5-8-17-9-6-13/h1,3-11H2,2H3. The molecule has 0 spiro atoms. The minimum atomic E-state index is -3.16. The summed E-state index contributed by atoms with van der Waals surface area (Å²) in [6.07, 6.45) is 3.52. The lowest BCUT2D eigenvalue weighted by Crippen LogP contribution is -2.43. The van der Waals surface area contributed by atoms with Gasteiger partial charge in [0, 0.05) is 26.3 Å². The molecule has 2 aliphatic rings. The fraction of sp³-hybridized carbons (Fsp3) is 0.846. The fourth-order valence-electron chi connectivity index (χ4n) is 2.69. The molecule has 2 aliphatic heterocycles. The third kappa shape index (κ3) is 3.33. The quantitative estimate of drug-likeness (QED) is 0.736. The zero-order valence-corrected chi connectivity index (χ0v) is 12.0. The van der Waals surface area contributed by atoms with Gasteiger partial charge in [-0.3, -0.25) is 0 Å². The summed E-state index contributed by atoms with van der Waals surface area (Å²) in [6, 6.07) is 0. The van der Waals surface area contributed by atoms with Crippen LogP contribution in [0.4, 0.5) is 0 Å². The SMILES string of the molecule is C=C1CCCN(S(=O)(=O)CC2(C)CCOCC2)C1. The second-order valence-electron chi connectivity index (χ2n) is 5.87. The Hall–Kier alpha value is -0.390. The van der Waals surface area contributed by atoms with Crippen molar-refractivity contribution in [1.29, 1.82) is 0 Å². The Balaban J connectivity index is 2.04. The molecule has 4 nitrogen and oxygen atoms in total. The van der Waals surface area contributed by atoms with E-state index < -0.39 is 10.0 Å². The minimum Gasteiger partial charge on any atom is -0.381 e. The maximum absolute atomic E-state index is 12.4. The van der Waals surface area contributed by atoms with Gasteiger partial charge >= 0.3 is 0 Å². The number of piperidine rings is 1. The summed E-state index contributed by atoms with van der Waals surface area (Å²) in [5, 5.41) is 0. The van der Waals surface area contributed by atoms with Crippen molar-refractivity contribution in [3.05, 3.63) is 12.2 Å². The van der Waals surface area contributed by atoms with Crippen molar-refractivity contribution in [3.63, 3.8) is 0 Å². The number of rotatable bonds is 3. The molecule has 0 bridgehead atoms. The Morgan fingerprint density at radius 2 is 2.06 bits per heavy atom. The van der Waals surface area contributed by atoms with Crippen molar-refractivity contribution < 1.29 is 13.2 Å². The van der Waals surface area contributed by atoms with Crippen molar-refractivity contribution in [1.82, 2.24) is 4.31 Å². The van der Waals surface area contributed by atoms with Crippen LogP contribution < -0.4 is 0 Å².